The average Bonchev–Trinajstić information content (AvgIpc) is 3.26. The van der Waals surface area contributed by atoms with Crippen molar-refractivity contribution in [3.05, 3.63) is 94.0 Å². The average molecular weight is 582 g/mol. The second kappa shape index (κ2) is 11.7. The lowest BCUT2D eigenvalue weighted by atomic mass is 9.98. The minimum Gasteiger partial charge on any atom is -0.449 e. The monoisotopic (exact) mass is 581 g/mol. The van der Waals surface area contributed by atoms with Crippen LogP contribution in [0.5, 0.6) is 0 Å². The van der Waals surface area contributed by atoms with E-state index in [2.05, 4.69) is 5.32 Å². The Kier molecular flexibility index (Phi) is 8.45. The first-order chi connectivity index (χ1) is 19.3. The van der Waals surface area contributed by atoms with Crippen molar-refractivity contribution in [1.29, 1.82) is 0 Å². The van der Waals surface area contributed by atoms with E-state index >= 15 is 0 Å². The molecule has 0 aliphatic heterocycles. The van der Waals surface area contributed by atoms with E-state index in [-0.39, 0.29) is 29.7 Å². The van der Waals surface area contributed by atoms with Crippen LogP contribution in [0.4, 0.5) is 10.5 Å². The van der Waals surface area contributed by atoms with Gasteiger partial charge in [0, 0.05) is 25.1 Å². The number of carbonyl (C=O) groups is 2. The molecule has 0 radical (unpaired) electrons. The van der Waals surface area contributed by atoms with Gasteiger partial charge in [0.25, 0.3) is 21.6 Å². The van der Waals surface area contributed by atoms with Crippen LogP contribution in [0.15, 0.2) is 77.7 Å². The highest BCUT2D eigenvalue weighted by molar-refractivity contribution is 7.89. The van der Waals surface area contributed by atoms with Crippen LogP contribution in [-0.4, -0.2) is 61.6 Å². The van der Waals surface area contributed by atoms with Gasteiger partial charge in [-0.2, -0.15) is 0 Å². The lowest BCUT2D eigenvalue weighted by Gasteiger charge is -2.27. The number of sulfonamides is 1. The maximum atomic E-state index is 13.4. The molecule has 0 aromatic heterocycles. The number of amides is 2. The molecule has 0 saturated heterocycles. The van der Waals surface area contributed by atoms with Crippen molar-refractivity contribution in [2.45, 2.75) is 43.2 Å². The minimum absolute atomic E-state index is 0.00215. The van der Waals surface area contributed by atoms with Crippen LogP contribution >= 0.6 is 0 Å². The Morgan fingerprint density at radius 2 is 1.51 bits per heavy atom. The molecule has 0 fully saturated rings. The molecule has 0 unspecified atom stereocenters. The highest BCUT2D eigenvalue weighted by Gasteiger charge is 2.35. The lowest BCUT2D eigenvalue weighted by molar-refractivity contribution is -0.384. The van der Waals surface area contributed by atoms with E-state index < -0.39 is 38.6 Å². The fourth-order valence-electron chi connectivity index (χ4n) is 4.53. The van der Waals surface area contributed by atoms with E-state index in [9.17, 15) is 28.1 Å². The first-order valence-electron chi connectivity index (χ1n) is 12.8. The van der Waals surface area contributed by atoms with E-state index in [0.29, 0.717) is 4.31 Å². The minimum atomic E-state index is -4.39. The Morgan fingerprint density at radius 1 is 0.976 bits per heavy atom. The van der Waals surface area contributed by atoms with Crippen molar-refractivity contribution in [3.63, 3.8) is 0 Å². The standard InChI is InChI=1S/C29H31N3O8S/c1-29(2,3)40-18-26(27(33)31(4)41(37,38)20-15-13-19(14-16-20)32(35)36)30-28(34)39-17-25-23-11-7-5-9-21(23)22-10-6-8-12-24(22)25/h5-16,25-26H,17-18H2,1-4H3,(H,30,34)/t26-/m1/s1. The topological polar surface area (TPSA) is 145 Å². The summed E-state index contributed by atoms with van der Waals surface area (Å²) in [7, 11) is -3.35. The fourth-order valence-corrected chi connectivity index (χ4v) is 5.69. The van der Waals surface area contributed by atoms with Gasteiger partial charge in [0.1, 0.15) is 12.6 Å². The summed E-state index contributed by atoms with van der Waals surface area (Å²) in [5.41, 5.74) is 3.14. The summed E-state index contributed by atoms with van der Waals surface area (Å²) >= 11 is 0. The van der Waals surface area contributed by atoms with Gasteiger partial charge in [-0.3, -0.25) is 14.9 Å². The van der Waals surface area contributed by atoms with Crippen molar-refractivity contribution in [2.75, 3.05) is 20.3 Å². The Balaban J connectivity index is 1.50. The molecule has 216 valence electrons. The number of nitrogens with zero attached hydrogens (tertiary/aromatic N) is 2. The number of nitro groups is 1. The zero-order valence-electron chi connectivity index (χ0n) is 23.1. The van der Waals surface area contributed by atoms with Crippen LogP contribution in [0.25, 0.3) is 11.1 Å². The summed E-state index contributed by atoms with van der Waals surface area (Å²) in [5, 5.41) is 13.4. The summed E-state index contributed by atoms with van der Waals surface area (Å²) in [4.78, 5) is 36.2. The van der Waals surface area contributed by atoms with Crippen LogP contribution in [0.2, 0.25) is 0 Å². The summed E-state index contributed by atoms with van der Waals surface area (Å²) in [5.74, 6) is -1.18. The molecule has 1 aliphatic rings. The van der Waals surface area contributed by atoms with Crippen LogP contribution in [0.1, 0.15) is 37.8 Å². The Bertz CT molecular complexity index is 1520. The number of likely N-dealkylation sites (N-methyl/N-ethyl adjacent to an activating group) is 1. The number of nitrogens with one attached hydrogen (secondary N) is 1. The van der Waals surface area contributed by atoms with Gasteiger partial charge in [0.2, 0.25) is 0 Å². The Morgan fingerprint density at radius 3 is 2.02 bits per heavy atom. The molecule has 0 heterocycles. The third-order valence-electron chi connectivity index (χ3n) is 6.63. The van der Waals surface area contributed by atoms with Gasteiger partial charge in [-0.15, -0.1) is 0 Å². The van der Waals surface area contributed by atoms with Gasteiger partial charge in [0.15, 0.2) is 0 Å². The third-order valence-corrected chi connectivity index (χ3v) is 8.40. The quantitative estimate of drug-likeness (QED) is 0.288. The zero-order chi connectivity index (χ0) is 29.9. The van der Waals surface area contributed by atoms with Crippen LogP contribution in [0, 0.1) is 10.1 Å². The van der Waals surface area contributed by atoms with Crippen molar-refractivity contribution in [3.8, 4) is 11.1 Å². The summed E-state index contributed by atoms with van der Waals surface area (Å²) in [6.07, 6.45) is -0.913. The number of carbonyl (C=O) groups excluding carboxylic acids is 2. The predicted molar refractivity (Wildman–Crippen MR) is 151 cm³/mol. The Hall–Kier alpha value is -4.29. The first kappa shape index (κ1) is 29.7. The number of non-ortho nitro benzene ring substituents is 1. The SMILES string of the molecule is CN(C(=O)[C@@H](COC(C)(C)C)NC(=O)OCC1c2ccccc2-c2ccccc21)S(=O)(=O)c1ccc([N+](=O)[O-])cc1. The van der Waals surface area contributed by atoms with Crippen LogP contribution < -0.4 is 5.32 Å². The van der Waals surface area contributed by atoms with Gasteiger partial charge in [-0.05, 0) is 55.2 Å². The maximum Gasteiger partial charge on any atom is 0.407 e. The van der Waals surface area contributed by atoms with E-state index in [0.717, 1.165) is 53.6 Å². The molecule has 0 spiro atoms. The largest absolute Gasteiger partial charge is 0.449 e. The van der Waals surface area contributed by atoms with Crippen molar-refractivity contribution >= 4 is 27.7 Å². The number of alkyl carbamates (subject to hydrolysis) is 1. The molecule has 2 amide bonds. The molecule has 1 aliphatic carbocycles. The van der Waals surface area contributed by atoms with Crippen molar-refractivity contribution in [2.24, 2.45) is 0 Å². The molecular weight excluding hydrogens is 550 g/mol. The fraction of sp³-hybridized carbons (Fsp3) is 0.310. The second-order valence-electron chi connectivity index (χ2n) is 10.5. The number of nitro benzene ring substituents is 1. The maximum absolute atomic E-state index is 13.4. The van der Waals surface area contributed by atoms with Gasteiger partial charge in [-0.1, -0.05) is 48.5 Å². The first-order valence-corrected chi connectivity index (χ1v) is 14.3. The summed E-state index contributed by atoms with van der Waals surface area (Å²) in [6.45, 7) is 4.92. The molecule has 41 heavy (non-hydrogen) atoms. The molecule has 0 bridgehead atoms. The molecule has 1 N–H and O–H groups in total. The van der Waals surface area contributed by atoms with Crippen molar-refractivity contribution < 1.29 is 32.4 Å². The lowest BCUT2D eigenvalue weighted by Crippen LogP contribution is -2.52. The molecule has 1 atom stereocenters. The van der Waals surface area contributed by atoms with Crippen molar-refractivity contribution in [1.82, 2.24) is 9.62 Å². The van der Waals surface area contributed by atoms with E-state index in [1.807, 2.05) is 48.5 Å². The Labute approximate surface area is 238 Å². The molecular formula is C29H31N3O8S. The van der Waals surface area contributed by atoms with Crippen LogP contribution in [0.3, 0.4) is 0 Å². The molecule has 3 aromatic rings. The molecule has 0 saturated carbocycles. The summed E-state index contributed by atoms with van der Waals surface area (Å²) < 4.78 is 38.0. The van der Waals surface area contributed by atoms with Gasteiger partial charge in [-0.25, -0.2) is 17.5 Å². The van der Waals surface area contributed by atoms with Gasteiger partial charge in [0.05, 0.1) is 22.0 Å². The van der Waals surface area contributed by atoms with Crippen LogP contribution in [-0.2, 0) is 24.3 Å². The predicted octanol–water partition coefficient (Wildman–Crippen LogP) is 4.46. The van der Waals surface area contributed by atoms with E-state index in [1.54, 1.807) is 20.8 Å². The highest BCUT2D eigenvalue weighted by Crippen LogP contribution is 2.44. The number of ether oxygens (including phenoxy) is 2. The number of fused-ring (bicyclic) bond motifs is 3. The number of hydrogen-bond donors (Lipinski definition) is 1. The van der Waals surface area contributed by atoms with E-state index in [1.165, 1.54) is 0 Å². The molecule has 3 aromatic carbocycles. The van der Waals surface area contributed by atoms with E-state index in [4.69, 9.17) is 9.47 Å². The van der Waals surface area contributed by atoms with Gasteiger partial charge >= 0.3 is 6.09 Å². The summed E-state index contributed by atoms with van der Waals surface area (Å²) in [6, 6.07) is 18.4. The normalized spacial score (nSPS) is 13.6. The number of benzene rings is 3. The smallest absolute Gasteiger partial charge is 0.407 e. The molecule has 11 nitrogen and oxygen atoms in total. The molecule has 12 heteroatoms. The highest BCUT2D eigenvalue weighted by atomic mass is 32.2. The number of rotatable bonds is 9. The third kappa shape index (κ3) is 6.55. The zero-order valence-corrected chi connectivity index (χ0v) is 23.9. The second-order valence-corrected chi connectivity index (χ2v) is 12.5. The number of hydrogen-bond acceptors (Lipinski definition) is 8. The molecule has 4 rings (SSSR count). The van der Waals surface area contributed by atoms with Gasteiger partial charge < -0.3 is 14.8 Å².